The van der Waals surface area contributed by atoms with Crippen molar-refractivity contribution < 1.29 is 14.7 Å². The molecule has 1 aromatic heterocycles. The topological polar surface area (TPSA) is 98.2 Å². The number of rotatable bonds is 6. The second kappa shape index (κ2) is 6.17. The summed E-state index contributed by atoms with van der Waals surface area (Å²) in [6.07, 6.45) is 0.181. The van der Waals surface area contributed by atoms with Crippen LogP contribution in [0.2, 0.25) is 0 Å². The highest BCUT2D eigenvalue weighted by Crippen LogP contribution is 2.29. The van der Waals surface area contributed by atoms with E-state index in [1.807, 2.05) is 36.6 Å². The van der Waals surface area contributed by atoms with E-state index in [0.29, 0.717) is 5.16 Å². The van der Waals surface area contributed by atoms with E-state index in [0.717, 1.165) is 28.4 Å². The smallest absolute Gasteiger partial charge is 0.313 e. The number of imidazole rings is 1. The van der Waals surface area contributed by atoms with E-state index in [1.54, 1.807) is 0 Å². The van der Waals surface area contributed by atoms with E-state index in [4.69, 9.17) is 10.8 Å². The van der Waals surface area contributed by atoms with Gasteiger partial charge in [-0.1, -0.05) is 17.8 Å². The molecule has 1 unspecified atom stereocenters. The van der Waals surface area contributed by atoms with Gasteiger partial charge in [-0.2, -0.15) is 0 Å². The molecule has 0 spiro atoms. The third-order valence-corrected chi connectivity index (χ3v) is 4.01. The number of aliphatic carboxylic acids is 1. The van der Waals surface area contributed by atoms with Crippen LogP contribution in [-0.2, 0) is 9.59 Å². The van der Waals surface area contributed by atoms with Crippen molar-refractivity contribution >= 4 is 34.7 Å². The van der Waals surface area contributed by atoms with Gasteiger partial charge in [-0.25, -0.2) is 4.98 Å². The maximum absolute atomic E-state index is 11.2. The lowest BCUT2D eigenvalue weighted by Gasteiger charge is -2.15. The Labute approximate surface area is 126 Å². The van der Waals surface area contributed by atoms with Gasteiger partial charge in [0.2, 0.25) is 5.91 Å². The first kappa shape index (κ1) is 15.4. The van der Waals surface area contributed by atoms with Crippen LogP contribution in [0.4, 0.5) is 0 Å². The largest absolute Gasteiger partial charge is 0.481 e. The number of thioether (sulfide) groups is 1. The highest BCUT2D eigenvalue weighted by atomic mass is 32.2. The number of aryl methyl sites for hydroxylation is 1. The molecule has 6 nitrogen and oxygen atoms in total. The van der Waals surface area contributed by atoms with Crippen LogP contribution in [0.5, 0.6) is 0 Å². The third kappa shape index (κ3) is 3.55. The number of carbonyl (C=O) groups excluding carboxylic acids is 1. The summed E-state index contributed by atoms with van der Waals surface area (Å²) < 4.78 is 1.89. The molecule has 112 valence electrons. The van der Waals surface area contributed by atoms with Crippen LogP contribution in [0.15, 0.2) is 23.4 Å². The fourth-order valence-corrected chi connectivity index (χ4v) is 3.05. The lowest BCUT2D eigenvalue weighted by Crippen LogP contribution is -2.18. The molecular weight excluding hydrogens is 290 g/mol. The van der Waals surface area contributed by atoms with Crippen LogP contribution in [-0.4, -0.2) is 32.3 Å². The molecular formula is C14H17N3O3S. The lowest BCUT2D eigenvalue weighted by molar-refractivity contribution is -0.134. The maximum Gasteiger partial charge on any atom is 0.313 e. The molecule has 1 heterocycles. The highest BCUT2D eigenvalue weighted by molar-refractivity contribution is 7.99. The average Bonchev–Trinajstić information content (AvgIpc) is 2.73. The number of hydrogen-bond donors (Lipinski definition) is 2. The summed E-state index contributed by atoms with van der Waals surface area (Å²) in [7, 11) is 0. The number of fused-ring (bicyclic) bond motifs is 1. The molecule has 3 N–H and O–H groups in total. The van der Waals surface area contributed by atoms with Crippen LogP contribution in [0.3, 0.4) is 0 Å². The Hall–Kier alpha value is -2.02. The Morgan fingerprint density at radius 1 is 1.48 bits per heavy atom. The summed E-state index contributed by atoms with van der Waals surface area (Å²) in [5.41, 5.74) is 8.01. The van der Waals surface area contributed by atoms with Crippen LogP contribution in [0, 0.1) is 6.92 Å². The van der Waals surface area contributed by atoms with Crippen molar-refractivity contribution in [3.63, 3.8) is 0 Å². The molecule has 0 fully saturated rings. The lowest BCUT2D eigenvalue weighted by atomic mass is 10.2. The van der Waals surface area contributed by atoms with Gasteiger partial charge in [0.15, 0.2) is 5.16 Å². The van der Waals surface area contributed by atoms with Crippen molar-refractivity contribution in [2.45, 2.75) is 31.5 Å². The summed E-state index contributed by atoms with van der Waals surface area (Å²) in [6.45, 7) is 3.85. The van der Waals surface area contributed by atoms with E-state index in [1.165, 1.54) is 0 Å². The van der Waals surface area contributed by atoms with Gasteiger partial charge in [0.25, 0.3) is 0 Å². The first-order valence-electron chi connectivity index (χ1n) is 6.50. The van der Waals surface area contributed by atoms with Crippen molar-refractivity contribution in [2.75, 3.05) is 5.75 Å². The van der Waals surface area contributed by atoms with Gasteiger partial charge >= 0.3 is 5.97 Å². The van der Waals surface area contributed by atoms with E-state index >= 15 is 0 Å². The summed E-state index contributed by atoms with van der Waals surface area (Å²) in [4.78, 5) is 26.4. The van der Waals surface area contributed by atoms with Crippen molar-refractivity contribution in [2.24, 2.45) is 5.73 Å². The number of carboxylic acid groups (broad SMARTS) is 1. The van der Waals surface area contributed by atoms with Crippen molar-refractivity contribution in [3.05, 3.63) is 23.8 Å². The predicted octanol–water partition coefficient (Wildman–Crippen LogP) is 1.96. The Balaban J connectivity index is 2.49. The summed E-state index contributed by atoms with van der Waals surface area (Å²) >= 11 is 1.14. The zero-order chi connectivity index (χ0) is 15.6. The molecule has 0 aliphatic carbocycles. The Morgan fingerprint density at radius 2 is 2.19 bits per heavy atom. The molecule has 7 heteroatoms. The first-order chi connectivity index (χ1) is 9.88. The molecule has 1 atom stereocenters. The van der Waals surface area contributed by atoms with Crippen molar-refractivity contribution in [1.82, 2.24) is 9.55 Å². The molecule has 2 rings (SSSR count). The zero-order valence-corrected chi connectivity index (χ0v) is 12.7. The Morgan fingerprint density at radius 3 is 2.81 bits per heavy atom. The van der Waals surface area contributed by atoms with Gasteiger partial charge in [-0.15, -0.1) is 0 Å². The fraction of sp³-hybridized carbons (Fsp3) is 0.357. The van der Waals surface area contributed by atoms with E-state index in [9.17, 15) is 9.59 Å². The molecule has 1 aromatic carbocycles. The third-order valence-electron chi connectivity index (χ3n) is 3.07. The second-order valence-electron chi connectivity index (χ2n) is 4.96. The van der Waals surface area contributed by atoms with Gasteiger partial charge in [0.05, 0.1) is 16.8 Å². The molecule has 0 aliphatic rings. The predicted molar refractivity (Wildman–Crippen MR) is 81.4 cm³/mol. The Bertz CT molecular complexity index is 696. The number of carboxylic acids is 1. The fourth-order valence-electron chi connectivity index (χ4n) is 2.22. The summed E-state index contributed by atoms with van der Waals surface area (Å²) in [5.74, 6) is -1.38. The molecule has 0 radical (unpaired) electrons. The van der Waals surface area contributed by atoms with E-state index < -0.39 is 11.9 Å². The van der Waals surface area contributed by atoms with Gasteiger partial charge < -0.3 is 15.4 Å². The molecule has 0 saturated carbocycles. The van der Waals surface area contributed by atoms with Gasteiger partial charge in [0, 0.05) is 12.5 Å². The van der Waals surface area contributed by atoms with Crippen LogP contribution < -0.4 is 5.73 Å². The number of benzene rings is 1. The van der Waals surface area contributed by atoms with Crippen molar-refractivity contribution in [1.29, 1.82) is 0 Å². The van der Waals surface area contributed by atoms with Crippen LogP contribution in [0.1, 0.15) is 24.9 Å². The number of nitrogens with two attached hydrogens (primary N) is 1. The normalized spacial score (nSPS) is 12.5. The van der Waals surface area contributed by atoms with E-state index in [2.05, 4.69) is 4.98 Å². The van der Waals surface area contributed by atoms with Crippen molar-refractivity contribution in [3.8, 4) is 0 Å². The quantitative estimate of drug-likeness (QED) is 0.795. The van der Waals surface area contributed by atoms with Gasteiger partial charge in [0.1, 0.15) is 0 Å². The van der Waals surface area contributed by atoms with Crippen LogP contribution in [0.25, 0.3) is 11.0 Å². The summed E-state index contributed by atoms with van der Waals surface area (Å²) in [5, 5.41) is 9.43. The molecule has 1 amide bonds. The molecule has 0 aliphatic heterocycles. The molecule has 0 saturated heterocycles. The average molecular weight is 307 g/mol. The standard InChI is InChI=1S/C14H17N3O3S/c1-8-3-4-10-11(5-8)17(9(2)6-12(15)18)14(16-10)21-7-13(19)20/h3-5,9H,6-7H2,1-2H3,(H2,15,18)(H,19,20). The molecule has 2 aromatic rings. The number of amides is 1. The first-order valence-corrected chi connectivity index (χ1v) is 7.48. The number of nitrogens with zero attached hydrogens (tertiary/aromatic N) is 2. The SMILES string of the molecule is Cc1ccc2nc(SCC(=O)O)n(C(C)CC(N)=O)c2c1. The minimum atomic E-state index is -0.905. The highest BCUT2D eigenvalue weighted by Gasteiger charge is 2.18. The van der Waals surface area contributed by atoms with Gasteiger partial charge in [-0.05, 0) is 31.5 Å². The number of carbonyl (C=O) groups is 2. The molecule has 0 bridgehead atoms. The molecule has 21 heavy (non-hydrogen) atoms. The van der Waals surface area contributed by atoms with Gasteiger partial charge in [-0.3, -0.25) is 9.59 Å². The summed E-state index contributed by atoms with van der Waals surface area (Å²) in [6, 6.07) is 5.64. The second-order valence-corrected chi connectivity index (χ2v) is 5.90. The number of aromatic nitrogens is 2. The minimum absolute atomic E-state index is 0.0778. The minimum Gasteiger partial charge on any atom is -0.481 e. The monoisotopic (exact) mass is 307 g/mol. The van der Waals surface area contributed by atoms with Crippen LogP contribution >= 0.6 is 11.8 Å². The van der Waals surface area contributed by atoms with E-state index in [-0.39, 0.29) is 18.2 Å². The maximum atomic E-state index is 11.2. The number of primary amides is 1. The Kier molecular flexibility index (Phi) is 4.52. The number of hydrogen-bond acceptors (Lipinski definition) is 4. The zero-order valence-electron chi connectivity index (χ0n) is 11.9.